The number of benzene rings is 3. The van der Waals surface area contributed by atoms with Gasteiger partial charge in [0.1, 0.15) is 29.6 Å². The minimum absolute atomic E-state index is 0.190. The summed E-state index contributed by atoms with van der Waals surface area (Å²) in [6.45, 7) is 0. The normalized spacial score (nSPS) is 16.9. The van der Waals surface area contributed by atoms with E-state index < -0.39 is 21.3 Å². The van der Waals surface area contributed by atoms with Crippen LogP contribution in [0.3, 0.4) is 0 Å². The third-order valence-electron chi connectivity index (χ3n) is 7.92. The molecule has 1 aliphatic carbocycles. The van der Waals surface area contributed by atoms with Gasteiger partial charge in [0.25, 0.3) is 0 Å². The molecule has 1 aliphatic heterocycles. The van der Waals surface area contributed by atoms with Crippen molar-refractivity contribution in [2.24, 2.45) is 0 Å². The van der Waals surface area contributed by atoms with Gasteiger partial charge in [-0.1, -0.05) is 54.1 Å². The van der Waals surface area contributed by atoms with Gasteiger partial charge in [0.05, 0.1) is 44.7 Å². The van der Waals surface area contributed by atoms with Crippen LogP contribution < -0.4 is 21.6 Å². The highest BCUT2D eigenvalue weighted by molar-refractivity contribution is 7.90. The molecule has 2 atom stereocenters. The van der Waals surface area contributed by atoms with Gasteiger partial charge in [-0.3, -0.25) is 9.99 Å². The Morgan fingerprint density at radius 1 is 1.20 bits per heavy atom. The number of hydrogen-bond donors (Lipinski definition) is 4. The lowest BCUT2D eigenvalue weighted by molar-refractivity contribution is 0.260. The van der Waals surface area contributed by atoms with E-state index >= 15 is 0 Å². The highest BCUT2D eigenvalue weighted by atomic mass is 35.5. The maximum atomic E-state index is 14.0. The second kappa shape index (κ2) is 11.7. The molecule has 0 amide bonds. The van der Waals surface area contributed by atoms with Crippen LogP contribution in [0.25, 0.3) is 10.9 Å². The average Bonchev–Trinajstić information content (AvgIpc) is 3.72. The summed E-state index contributed by atoms with van der Waals surface area (Å²) in [6, 6.07) is 21.0. The summed E-state index contributed by atoms with van der Waals surface area (Å²) < 4.78 is 38.9. The molecule has 9 nitrogen and oxygen atoms in total. The van der Waals surface area contributed by atoms with E-state index in [0.29, 0.717) is 33.3 Å². The number of hydrogen-bond acceptors (Lipinski definition) is 9. The van der Waals surface area contributed by atoms with Gasteiger partial charge in [-0.25, -0.2) is 12.8 Å². The quantitative estimate of drug-likeness (QED) is 0.190. The molecule has 4 N–H and O–H groups in total. The summed E-state index contributed by atoms with van der Waals surface area (Å²) in [5, 5.41) is 19.9. The van der Waals surface area contributed by atoms with Crippen LogP contribution in [0, 0.1) is 17.1 Å². The first-order valence-electron chi connectivity index (χ1n) is 14.1. The lowest BCUT2D eigenvalue weighted by Crippen LogP contribution is -2.45. The number of pyridine rings is 1. The number of rotatable bonds is 10. The van der Waals surface area contributed by atoms with Gasteiger partial charge in [0.2, 0.25) is 0 Å². The van der Waals surface area contributed by atoms with Crippen LogP contribution in [-0.2, 0) is 15.3 Å². The standard InChI is InChI=1S/C31H30BClFN7O2S/c1-44(42,43)18-27(19-5-3-2-4-6-19)37-29-20(15-35)16-36-30-25(29)13-23(14-26(30)33)38-31(32,21-7-9-22(34)10-8-21)28-17-41(40-39-28)24-11-12-24/h2-10,13-14,16-17,24,27,38-40H,11-12,18,32H2,1H3,(H,36,37)/t27-,31?/m1/s1. The highest BCUT2D eigenvalue weighted by Crippen LogP contribution is 2.39. The monoisotopic (exact) mass is 629 g/mol. The Labute approximate surface area is 261 Å². The molecule has 44 heavy (non-hydrogen) atoms. The maximum absolute atomic E-state index is 14.0. The summed E-state index contributed by atoms with van der Waals surface area (Å²) in [6.07, 6.45) is 6.80. The van der Waals surface area contributed by atoms with Gasteiger partial charge >= 0.3 is 0 Å². The number of sulfone groups is 1. The van der Waals surface area contributed by atoms with E-state index in [9.17, 15) is 18.1 Å². The van der Waals surface area contributed by atoms with Gasteiger partial charge in [-0.2, -0.15) is 5.26 Å². The zero-order chi connectivity index (χ0) is 31.1. The van der Waals surface area contributed by atoms with Crippen LogP contribution in [-0.4, -0.2) is 44.3 Å². The third-order valence-corrected chi connectivity index (χ3v) is 9.14. The summed E-state index contributed by atoms with van der Waals surface area (Å²) in [5.41, 5.74) is 9.71. The molecule has 0 radical (unpaired) electrons. The molecule has 0 saturated heterocycles. The molecule has 13 heteroatoms. The largest absolute Gasteiger partial charge is 0.378 e. The molecule has 2 heterocycles. The first kappa shape index (κ1) is 29.8. The molecular weight excluding hydrogens is 600 g/mol. The number of aromatic nitrogens is 1. The molecule has 0 spiro atoms. The lowest BCUT2D eigenvalue weighted by Gasteiger charge is -2.34. The van der Waals surface area contributed by atoms with Crippen LogP contribution in [0.5, 0.6) is 0 Å². The molecule has 224 valence electrons. The number of fused-ring (bicyclic) bond motifs is 1. The second-order valence-corrected chi connectivity index (χ2v) is 14.0. The average molecular weight is 630 g/mol. The van der Waals surface area contributed by atoms with Crippen LogP contribution in [0.1, 0.15) is 35.6 Å². The molecule has 4 aromatic rings. The Morgan fingerprint density at radius 3 is 2.59 bits per heavy atom. The van der Waals surface area contributed by atoms with Gasteiger partial charge in [-0.15, -0.1) is 5.53 Å². The molecule has 1 unspecified atom stereocenters. The summed E-state index contributed by atoms with van der Waals surface area (Å²) in [4.78, 5) is 4.46. The number of anilines is 2. The minimum Gasteiger partial charge on any atom is -0.378 e. The smallest absolute Gasteiger partial charge is 0.149 e. The molecule has 1 aromatic heterocycles. The van der Waals surface area contributed by atoms with Crippen LogP contribution in [0.2, 0.25) is 5.02 Å². The van der Waals surface area contributed by atoms with E-state index in [-0.39, 0.29) is 17.1 Å². The van der Waals surface area contributed by atoms with Gasteiger partial charge < -0.3 is 16.1 Å². The Kier molecular flexibility index (Phi) is 7.88. The van der Waals surface area contributed by atoms with Gasteiger partial charge in [0.15, 0.2) is 0 Å². The molecule has 0 bridgehead atoms. The third kappa shape index (κ3) is 6.17. The molecular formula is C31H30BClFN7O2S. The first-order valence-corrected chi connectivity index (χ1v) is 16.6. The number of nitriles is 1. The number of hydrazine groups is 2. The highest BCUT2D eigenvalue weighted by Gasteiger charge is 2.38. The van der Waals surface area contributed by atoms with Crippen molar-refractivity contribution >= 4 is 51.6 Å². The number of nitrogens with zero attached hydrogens (tertiary/aromatic N) is 3. The Bertz CT molecular complexity index is 1900. The van der Waals surface area contributed by atoms with E-state index in [1.165, 1.54) is 24.6 Å². The summed E-state index contributed by atoms with van der Waals surface area (Å²) in [7, 11) is -1.42. The van der Waals surface area contributed by atoms with Gasteiger partial charge in [0, 0.05) is 35.8 Å². The predicted molar refractivity (Wildman–Crippen MR) is 173 cm³/mol. The minimum atomic E-state index is -3.40. The van der Waals surface area contributed by atoms with Crippen molar-refractivity contribution in [1.29, 1.82) is 5.26 Å². The summed E-state index contributed by atoms with van der Waals surface area (Å²) in [5.74, 6) is -0.534. The van der Waals surface area contributed by atoms with E-state index in [1.54, 1.807) is 18.2 Å². The fraction of sp³-hybridized carbons (Fsp3) is 0.226. The van der Waals surface area contributed by atoms with Crippen molar-refractivity contribution in [2.75, 3.05) is 22.6 Å². The molecule has 1 saturated carbocycles. The van der Waals surface area contributed by atoms with E-state index in [0.717, 1.165) is 29.7 Å². The molecule has 2 aliphatic rings. The Morgan fingerprint density at radius 2 is 1.93 bits per heavy atom. The fourth-order valence-corrected chi connectivity index (χ4v) is 6.60. The predicted octanol–water partition coefficient (Wildman–Crippen LogP) is 4.32. The van der Waals surface area contributed by atoms with Crippen molar-refractivity contribution in [3.05, 3.63) is 112 Å². The molecule has 1 fully saturated rings. The van der Waals surface area contributed by atoms with E-state index in [2.05, 4.69) is 32.6 Å². The molecule has 6 rings (SSSR count). The SMILES string of the molecule is BC(Nc1cc(Cl)c2ncc(C#N)c(N[C@H](CS(C)(=O)=O)c3ccccc3)c2c1)(C1=CN(C2CC2)NN1)c1ccc(F)cc1. The second-order valence-electron chi connectivity index (χ2n) is 11.4. The number of halogens is 2. The Hall–Kier alpha value is -4.31. The zero-order valence-corrected chi connectivity index (χ0v) is 25.7. The van der Waals surface area contributed by atoms with Crippen LogP contribution >= 0.6 is 11.6 Å². The lowest BCUT2D eigenvalue weighted by atomic mass is 9.69. The van der Waals surface area contributed by atoms with Crippen molar-refractivity contribution in [3.8, 4) is 6.07 Å². The van der Waals surface area contributed by atoms with E-state index in [1.807, 2.05) is 55.5 Å². The van der Waals surface area contributed by atoms with E-state index in [4.69, 9.17) is 11.6 Å². The first-order chi connectivity index (χ1) is 21.0. The van der Waals surface area contributed by atoms with Crippen molar-refractivity contribution in [1.82, 2.24) is 21.0 Å². The van der Waals surface area contributed by atoms with Crippen LogP contribution in [0.4, 0.5) is 15.8 Å². The molecule has 3 aromatic carbocycles. The fourth-order valence-electron chi connectivity index (χ4n) is 5.45. The number of nitrogens with one attached hydrogen (secondary N) is 4. The maximum Gasteiger partial charge on any atom is 0.149 e. The Balaban J connectivity index is 1.46. The van der Waals surface area contributed by atoms with Crippen molar-refractivity contribution < 1.29 is 12.8 Å². The zero-order valence-electron chi connectivity index (χ0n) is 24.1. The summed E-state index contributed by atoms with van der Waals surface area (Å²) >= 11 is 6.81. The topological polar surface area (TPSA) is 122 Å². The van der Waals surface area contributed by atoms with Crippen molar-refractivity contribution in [2.45, 2.75) is 30.4 Å². The van der Waals surface area contributed by atoms with Crippen LogP contribution in [0.15, 0.2) is 84.8 Å². The van der Waals surface area contributed by atoms with Gasteiger partial charge in [-0.05, 0) is 48.2 Å². The van der Waals surface area contributed by atoms with Crippen molar-refractivity contribution in [3.63, 3.8) is 0 Å².